The first-order valence-electron chi connectivity index (χ1n) is 5.57. The Morgan fingerprint density at radius 3 is 2.67 bits per heavy atom. The van der Waals surface area contributed by atoms with Crippen LogP contribution in [0.25, 0.3) is 0 Å². The predicted octanol–water partition coefficient (Wildman–Crippen LogP) is 0.0593. The van der Waals surface area contributed by atoms with Crippen molar-refractivity contribution < 1.29 is 18.3 Å². The van der Waals surface area contributed by atoms with Crippen molar-refractivity contribution in [3.63, 3.8) is 0 Å². The molecule has 2 heterocycles. The van der Waals surface area contributed by atoms with Crippen molar-refractivity contribution in [2.45, 2.75) is 18.7 Å². The normalized spacial score (nSPS) is 25.4. The van der Waals surface area contributed by atoms with E-state index < -0.39 is 21.9 Å². The van der Waals surface area contributed by atoms with Crippen LogP contribution >= 0.6 is 0 Å². The lowest BCUT2D eigenvalue weighted by atomic mass is 9.99. The van der Waals surface area contributed by atoms with Gasteiger partial charge in [-0.3, -0.25) is 9.89 Å². The van der Waals surface area contributed by atoms with Crippen LogP contribution in [0.4, 0.5) is 0 Å². The van der Waals surface area contributed by atoms with Gasteiger partial charge in [-0.1, -0.05) is 6.92 Å². The molecule has 0 aliphatic carbocycles. The lowest BCUT2D eigenvalue weighted by Gasteiger charge is -2.15. The van der Waals surface area contributed by atoms with Gasteiger partial charge in [-0.15, -0.1) is 0 Å². The number of aromatic nitrogens is 2. The minimum absolute atomic E-state index is 0.0173. The topological polar surface area (TPSA) is 103 Å². The Balaban J connectivity index is 2.29. The molecule has 7 nitrogen and oxygen atoms in total. The van der Waals surface area contributed by atoms with E-state index in [0.29, 0.717) is 5.69 Å². The summed E-state index contributed by atoms with van der Waals surface area (Å²) in [4.78, 5) is 11.1. The highest BCUT2D eigenvalue weighted by atomic mass is 32.2. The summed E-state index contributed by atoms with van der Waals surface area (Å²) >= 11 is 0. The zero-order valence-corrected chi connectivity index (χ0v) is 10.9. The first-order chi connectivity index (χ1) is 8.34. The molecule has 0 saturated carbocycles. The second-order valence-corrected chi connectivity index (χ2v) is 6.51. The van der Waals surface area contributed by atoms with Crippen LogP contribution in [0, 0.1) is 18.8 Å². The van der Waals surface area contributed by atoms with Gasteiger partial charge in [-0.05, 0) is 12.8 Å². The molecule has 0 aromatic carbocycles. The standard InChI is InChI=1S/C10H15N3O4S/c1-6-4-13(5-8(6)10(14)15)18(16,17)9-3-11-12-7(9)2/h3,6,8H,4-5H2,1-2H3,(H,11,12)(H,14,15)/t6-,8-/m1/s1. The summed E-state index contributed by atoms with van der Waals surface area (Å²) in [7, 11) is -3.65. The van der Waals surface area contributed by atoms with E-state index in [1.54, 1.807) is 13.8 Å². The summed E-state index contributed by atoms with van der Waals surface area (Å²) in [5.74, 6) is -1.79. The van der Waals surface area contributed by atoms with Crippen LogP contribution in [0.2, 0.25) is 0 Å². The summed E-state index contributed by atoms with van der Waals surface area (Å²) in [5.41, 5.74) is 0.460. The van der Waals surface area contributed by atoms with Crippen LogP contribution in [0.1, 0.15) is 12.6 Å². The number of aromatic amines is 1. The Labute approximate surface area is 105 Å². The van der Waals surface area contributed by atoms with E-state index in [-0.39, 0.29) is 23.9 Å². The fraction of sp³-hybridized carbons (Fsp3) is 0.600. The smallest absolute Gasteiger partial charge is 0.308 e. The number of carbonyl (C=O) groups is 1. The van der Waals surface area contributed by atoms with Crippen LogP contribution in [0.3, 0.4) is 0 Å². The number of H-pyrrole nitrogens is 1. The summed E-state index contributed by atoms with van der Waals surface area (Å²) in [6, 6.07) is 0. The molecule has 1 fully saturated rings. The van der Waals surface area contributed by atoms with Gasteiger partial charge in [0.2, 0.25) is 10.0 Å². The van der Waals surface area contributed by atoms with Crippen molar-refractivity contribution in [2.75, 3.05) is 13.1 Å². The van der Waals surface area contributed by atoms with Crippen LogP contribution in [0.15, 0.2) is 11.1 Å². The van der Waals surface area contributed by atoms with Gasteiger partial charge in [-0.25, -0.2) is 8.42 Å². The molecular formula is C10H15N3O4S. The molecule has 18 heavy (non-hydrogen) atoms. The largest absolute Gasteiger partial charge is 0.481 e. The molecule has 1 aliphatic rings. The molecule has 0 amide bonds. The minimum Gasteiger partial charge on any atom is -0.481 e. The summed E-state index contributed by atoms with van der Waals surface area (Å²) in [5, 5.41) is 15.3. The number of nitrogens with one attached hydrogen (secondary N) is 1. The SMILES string of the molecule is Cc1[nH]ncc1S(=O)(=O)N1C[C@@H](C)[C@H](C(=O)O)C1. The third kappa shape index (κ3) is 2.01. The maximum absolute atomic E-state index is 12.3. The third-order valence-electron chi connectivity index (χ3n) is 3.30. The number of sulfonamides is 1. The molecule has 2 rings (SSSR count). The van der Waals surface area contributed by atoms with Crippen LogP contribution in [-0.2, 0) is 14.8 Å². The number of carboxylic acid groups (broad SMARTS) is 1. The highest BCUT2D eigenvalue weighted by Gasteiger charge is 2.41. The van der Waals surface area contributed by atoms with Gasteiger partial charge in [0.05, 0.1) is 17.8 Å². The van der Waals surface area contributed by atoms with Crippen molar-refractivity contribution in [3.05, 3.63) is 11.9 Å². The van der Waals surface area contributed by atoms with E-state index in [4.69, 9.17) is 5.11 Å². The number of rotatable bonds is 3. The molecular weight excluding hydrogens is 258 g/mol. The highest BCUT2D eigenvalue weighted by Crippen LogP contribution is 2.29. The number of hydrogen-bond acceptors (Lipinski definition) is 4. The second kappa shape index (κ2) is 4.36. The van der Waals surface area contributed by atoms with E-state index in [1.165, 1.54) is 10.5 Å². The average molecular weight is 273 g/mol. The molecule has 0 radical (unpaired) electrons. The number of aryl methyl sites for hydroxylation is 1. The fourth-order valence-electron chi connectivity index (χ4n) is 2.18. The highest BCUT2D eigenvalue weighted by molar-refractivity contribution is 7.89. The first-order valence-corrected chi connectivity index (χ1v) is 7.01. The monoisotopic (exact) mass is 273 g/mol. The van der Waals surface area contributed by atoms with E-state index in [1.807, 2.05) is 0 Å². The number of hydrogen-bond donors (Lipinski definition) is 2. The van der Waals surface area contributed by atoms with E-state index in [0.717, 1.165) is 0 Å². The predicted molar refractivity (Wildman–Crippen MR) is 62.4 cm³/mol. The Morgan fingerprint density at radius 1 is 1.56 bits per heavy atom. The van der Waals surface area contributed by atoms with Crippen molar-refractivity contribution >= 4 is 16.0 Å². The number of aliphatic carboxylic acids is 1. The molecule has 0 spiro atoms. The maximum Gasteiger partial charge on any atom is 0.308 e. The van der Waals surface area contributed by atoms with E-state index >= 15 is 0 Å². The van der Waals surface area contributed by atoms with E-state index in [9.17, 15) is 13.2 Å². The molecule has 1 saturated heterocycles. The van der Waals surface area contributed by atoms with Gasteiger partial charge in [-0.2, -0.15) is 9.40 Å². The minimum atomic E-state index is -3.65. The van der Waals surface area contributed by atoms with Gasteiger partial charge in [0.15, 0.2) is 0 Å². The summed E-state index contributed by atoms with van der Waals surface area (Å²) < 4.78 is 25.8. The second-order valence-electron chi connectivity index (χ2n) is 4.60. The third-order valence-corrected chi connectivity index (χ3v) is 5.24. The molecule has 100 valence electrons. The van der Waals surface area contributed by atoms with Crippen LogP contribution in [-0.4, -0.2) is 47.1 Å². The molecule has 0 bridgehead atoms. The lowest BCUT2D eigenvalue weighted by molar-refractivity contribution is -0.142. The molecule has 2 atom stereocenters. The summed E-state index contributed by atoms with van der Waals surface area (Å²) in [6.45, 7) is 3.61. The molecule has 1 aromatic heterocycles. The van der Waals surface area contributed by atoms with Gasteiger partial charge in [0.25, 0.3) is 0 Å². The zero-order chi connectivity index (χ0) is 13.5. The molecule has 0 unspecified atom stereocenters. The Bertz CT molecular complexity index is 565. The molecule has 8 heteroatoms. The molecule has 1 aromatic rings. The van der Waals surface area contributed by atoms with Crippen molar-refractivity contribution in [3.8, 4) is 0 Å². The van der Waals surface area contributed by atoms with Gasteiger partial charge in [0.1, 0.15) is 4.90 Å². The van der Waals surface area contributed by atoms with Crippen molar-refractivity contribution in [2.24, 2.45) is 11.8 Å². The number of nitrogens with zero attached hydrogens (tertiary/aromatic N) is 2. The van der Waals surface area contributed by atoms with E-state index in [2.05, 4.69) is 10.2 Å². The summed E-state index contributed by atoms with van der Waals surface area (Å²) in [6.07, 6.45) is 1.25. The van der Waals surface area contributed by atoms with Gasteiger partial charge in [0, 0.05) is 13.1 Å². The molecule has 1 aliphatic heterocycles. The van der Waals surface area contributed by atoms with Crippen LogP contribution in [0.5, 0.6) is 0 Å². The molecule has 2 N–H and O–H groups in total. The van der Waals surface area contributed by atoms with Gasteiger partial charge < -0.3 is 5.11 Å². The average Bonchev–Trinajstić information content (AvgIpc) is 2.84. The van der Waals surface area contributed by atoms with Crippen molar-refractivity contribution in [1.82, 2.24) is 14.5 Å². The Morgan fingerprint density at radius 2 is 2.22 bits per heavy atom. The Hall–Kier alpha value is -1.41. The fourth-order valence-corrected chi connectivity index (χ4v) is 3.86. The quantitative estimate of drug-likeness (QED) is 0.810. The van der Waals surface area contributed by atoms with Crippen molar-refractivity contribution in [1.29, 1.82) is 0 Å². The zero-order valence-electron chi connectivity index (χ0n) is 10.1. The van der Waals surface area contributed by atoms with Gasteiger partial charge >= 0.3 is 5.97 Å². The number of carboxylic acids is 1. The first kappa shape index (κ1) is 13.0. The maximum atomic E-state index is 12.3. The lowest BCUT2D eigenvalue weighted by Crippen LogP contribution is -2.30. The van der Waals surface area contributed by atoms with Crippen LogP contribution < -0.4 is 0 Å². The Kier molecular flexibility index (Phi) is 3.16.